The zero-order valence-electron chi connectivity index (χ0n) is 12.9. The van der Waals surface area contributed by atoms with Crippen LogP contribution in [0, 0.1) is 11.3 Å². The number of rotatable bonds is 5. The molecule has 0 aromatic carbocycles. The predicted octanol–water partition coefficient (Wildman–Crippen LogP) is 3.90. The number of hydrogen-bond donors (Lipinski definition) is 1. The monoisotopic (exact) mass is 302 g/mol. The molecule has 1 aliphatic carbocycles. The fourth-order valence-electron chi connectivity index (χ4n) is 2.19. The van der Waals surface area contributed by atoms with E-state index in [-0.39, 0.29) is 17.2 Å². The zero-order valence-corrected chi connectivity index (χ0v) is 12.9. The Hall–Kier alpha value is -1.72. The van der Waals surface area contributed by atoms with Gasteiger partial charge in [-0.1, -0.05) is 11.6 Å². The van der Waals surface area contributed by atoms with Gasteiger partial charge >= 0.3 is 6.61 Å². The largest absolute Gasteiger partial charge is 0.419 e. The van der Waals surface area contributed by atoms with Gasteiger partial charge in [0.05, 0.1) is 5.92 Å². The molecule has 0 radical (unpaired) electrons. The van der Waals surface area contributed by atoms with E-state index in [1.54, 1.807) is 13.0 Å². The number of allylic oxidation sites excluding steroid dienone is 5. The second kappa shape index (κ2) is 6.83. The van der Waals surface area contributed by atoms with Crippen LogP contribution in [0.1, 0.15) is 20.8 Å². The fourth-order valence-corrected chi connectivity index (χ4v) is 2.19. The van der Waals surface area contributed by atoms with Crippen LogP contribution in [0.2, 0.25) is 0 Å². The highest BCUT2D eigenvalue weighted by molar-refractivity contribution is 6.01. The molecular formula is C15H21F3N2O. The van der Waals surface area contributed by atoms with Crippen molar-refractivity contribution in [2.45, 2.75) is 33.6 Å². The normalized spacial score (nSPS) is 23.3. The second-order valence-electron chi connectivity index (χ2n) is 5.29. The number of nitrogens with zero attached hydrogens (tertiary/aromatic N) is 1. The first kappa shape index (κ1) is 17.3. The Morgan fingerprint density at radius 2 is 1.76 bits per heavy atom. The Kier molecular flexibility index (Phi) is 5.63. The van der Waals surface area contributed by atoms with Crippen molar-refractivity contribution in [3.8, 4) is 0 Å². The third-order valence-electron chi connectivity index (χ3n) is 3.47. The molecule has 2 unspecified atom stereocenters. The van der Waals surface area contributed by atoms with E-state index in [1.165, 1.54) is 32.0 Å². The maximum Gasteiger partial charge on any atom is 0.388 e. The van der Waals surface area contributed by atoms with E-state index in [4.69, 9.17) is 5.41 Å². The van der Waals surface area contributed by atoms with E-state index in [0.29, 0.717) is 0 Å². The van der Waals surface area contributed by atoms with Crippen LogP contribution in [0.4, 0.5) is 13.2 Å². The Balaban J connectivity index is 3.11. The van der Waals surface area contributed by atoms with Crippen LogP contribution in [0.3, 0.4) is 0 Å². The third-order valence-corrected chi connectivity index (χ3v) is 3.47. The molecule has 0 aliphatic heterocycles. The lowest BCUT2D eigenvalue weighted by molar-refractivity contribution is -0.114. The lowest BCUT2D eigenvalue weighted by Gasteiger charge is -2.26. The Morgan fingerprint density at radius 1 is 1.24 bits per heavy atom. The van der Waals surface area contributed by atoms with Crippen LogP contribution < -0.4 is 0 Å². The lowest BCUT2D eigenvalue weighted by Crippen LogP contribution is -2.28. The zero-order chi connectivity index (χ0) is 16.3. The van der Waals surface area contributed by atoms with Gasteiger partial charge in [-0.15, -0.1) is 0 Å². The van der Waals surface area contributed by atoms with Gasteiger partial charge in [0.15, 0.2) is 5.88 Å². The van der Waals surface area contributed by atoms with E-state index < -0.39 is 18.7 Å². The summed E-state index contributed by atoms with van der Waals surface area (Å²) in [5, 5.41) is 8.12. The molecule has 6 heteroatoms. The summed E-state index contributed by atoms with van der Waals surface area (Å²) in [6.07, 6.45) is 1.76. The summed E-state index contributed by atoms with van der Waals surface area (Å²) in [4.78, 5) is 1.35. The molecule has 21 heavy (non-hydrogen) atoms. The molecule has 1 aliphatic rings. The molecule has 0 aromatic rings. The Labute approximate surface area is 123 Å². The first-order valence-electron chi connectivity index (χ1n) is 6.58. The summed E-state index contributed by atoms with van der Waals surface area (Å²) in [7, 11) is 3.07. The molecule has 0 spiro atoms. The molecule has 3 nitrogen and oxygen atoms in total. The predicted molar refractivity (Wildman–Crippen MR) is 77.1 cm³/mol. The van der Waals surface area contributed by atoms with Crippen LogP contribution in [0.15, 0.2) is 34.8 Å². The minimum Gasteiger partial charge on any atom is -0.419 e. The molecule has 118 valence electrons. The SMILES string of the molecule is CC1=CC(F)C(C(=N)/C(C)=C(/OC(F)F)N(C)C)C=C1C. The molecule has 0 saturated carbocycles. The van der Waals surface area contributed by atoms with Gasteiger partial charge in [-0.05, 0) is 32.4 Å². The lowest BCUT2D eigenvalue weighted by atomic mass is 9.85. The van der Waals surface area contributed by atoms with Crippen molar-refractivity contribution in [2.24, 2.45) is 5.92 Å². The van der Waals surface area contributed by atoms with Crippen molar-refractivity contribution in [3.63, 3.8) is 0 Å². The average molecular weight is 302 g/mol. The van der Waals surface area contributed by atoms with Crippen molar-refractivity contribution in [2.75, 3.05) is 14.1 Å². The summed E-state index contributed by atoms with van der Waals surface area (Å²) >= 11 is 0. The summed E-state index contributed by atoms with van der Waals surface area (Å²) in [6, 6.07) is 0. The Bertz CT molecular complexity index is 507. The smallest absolute Gasteiger partial charge is 0.388 e. The second-order valence-corrected chi connectivity index (χ2v) is 5.29. The van der Waals surface area contributed by atoms with Crippen molar-refractivity contribution in [1.82, 2.24) is 4.90 Å². The number of halogens is 3. The summed E-state index contributed by atoms with van der Waals surface area (Å²) in [5.74, 6) is -0.913. The molecule has 0 fully saturated rings. The van der Waals surface area contributed by atoms with E-state index >= 15 is 0 Å². The maximum atomic E-state index is 14.1. The fraction of sp³-hybridized carbons (Fsp3) is 0.533. The van der Waals surface area contributed by atoms with Gasteiger partial charge in [-0.3, -0.25) is 0 Å². The van der Waals surface area contributed by atoms with Crippen molar-refractivity contribution >= 4 is 5.71 Å². The molecule has 0 bridgehead atoms. The van der Waals surface area contributed by atoms with E-state index in [0.717, 1.165) is 11.1 Å². The minimum absolute atomic E-state index is 0.0602. The van der Waals surface area contributed by atoms with Crippen molar-refractivity contribution in [1.29, 1.82) is 5.41 Å². The molecular weight excluding hydrogens is 281 g/mol. The molecule has 0 heterocycles. The highest BCUT2D eigenvalue weighted by Crippen LogP contribution is 2.29. The Morgan fingerprint density at radius 3 is 2.24 bits per heavy atom. The summed E-state index contributed by atoms with van der Waals surface area (Å²) < 4.78 is 43.5. The van der Waals surface area contributed by atoms with Crippen LogP contribution in [-0.2, 0) is 4.74 Å². The third kappa shape index (κ3) is 4.12. The van der Waals surface area contributed by atoms with Gasteiger partial charge in [0, 0.05) is 25.4 Å². The van der Waals surface area contributed by atoms with Gasteiger partial charge in [0.25, 0.3) is 0 Å². The highest BCUT2D eigenvalue weighted by atomic mass is 19.3. The minimum atomic E-state index is -2.99. The quantitative estimate of drug-likeness (QED) is 0.617. The first-order valence-corrected chi connectivity index (χ1v) is 6.58. The highest BCUT2D eigenvalue weighted by Gasteiger charge is 2.28. The average Bonchev–Trinajstić information content (AvgIpc) is 2.38. The van der Waals surface area contributed by atoms with Crippen molar-refractivity contribution in [3.05, 3.63) is 34.8 Å². The number of ether oxygens (including phenoxy) is 1. The van der Waals surface area contributed by atoms with Gasteiger partial charge in [-0.25, -0.2) is 4.39 Å². The van der Waals surface area contributed by atoms with Crippen LogP contribution in [-0.4, -0.2) is 37.5 Å². The molecule has 1 N–H and O–H groups in total. The standard InChI is InChI=1S/C15H21F3N2O/c1-8-6-11(12(16)7-9(8)2)13(19)10(3)14(20(4)5)21-15(17)18/h6-7,11-12,15,19H,1-5H3/b14-10+,19-13?. The maximum absolute atomic E-state index is 14.1. The molecule has 0 amide bonds. The number of hydrogen-bond acceptors (Lipinski definition) is 3. The molecule has 2 atom stereocenters. The van der Waals surface area contributed by atoms with Gasteiger partial charge < -0.3 is 15.0 Å². The van der Waals surface area contributed by atoms with Gasteiger partial charge in [-0.2, -0.15) is 8.78 Å². The van der Waals surface area contributed by atoms with Crippen LogP contribution in [0.5, 0.6) is 0 Å². The topological polar surface area (TPSA) is 36.3 Å². The summed E-state index contributed by atoms with van der Waals surface area (Å²) in [6.45, 7) is 2.13. The van der Waals surface area contributed by atoms with E-state index in [9.17, 15) is 13.2 Å². The van der Waals surface area contributed by atoms with Crippen LogP contribution >= 0.6 is 0 Å². The van der Waals surface area contributed by atoms with Crippen molar-refractivity contribution < 1.29 is 17.9 Å². The van der Waals surface area contributed by atoms with Gasteiger partial charge in [0.1, 0.15) is 6.17 Å². The summed E-state index contributed by atoms with van der Waals surface area (Å²) in [5.41, 5.74) is 1.84. The molecule has 0 aromatic heterocycles. The van der Waals surface area contributed by atoms with Gasteiger partial charge in [0.2, 0.25) is 0 Å². The number of nitrogens with one attached hydrogen (secondary N) is 1. The molecule has 0 saturated heterocycles. The van der Waals surface area contributed by atoms with Crippen LogP contribution in [0.25, 0.3) is 0 Å². The van der Waals surface area contributed by atoms with E-state index in [1.807, 2.05) is 6.92 Å². The number of alkyl halides is 3. The molecule has 1 rings (SSSR count). The van der Waals surface area contributed by atoms with E-state index in [2.05, 4.69) is 4.74 Å². The first-order chi connectivity index (χ1) is 9.65.